The lowest BCUT2D eigenvalue weighted by atomic mass is 9.86. The van der Waals surface area contributed by atoms with Gasteiger partial charge in [0, 0.05) is 19.3 Å². The molecule has 2 rings (SSSR count). The Morgan fingerprint density at radius 2 is 2.39 bits per heavy atom. The minimum absolute atomic E-state index is 0.153. The number of rotatable bonds is 5. The number of unbranched alkanes of at least 4 members (excludes halogenated alkanes) is 2. The second-order valence-corrected chi connectivity index (χ2v) is 5.16. The van der Waals surface area contributed by atoms with Gasteiger partial charge in [-0.2, -0.15) is 0 Å². The van der Waals surface area contributed by atoms with Crippen LogP contribution in [0.1, 0.15) is 45.4 Å². The molecule has 0 aromatic rings. The summed E-state index contributed by atoms with van der Waals surface area (Å²) in [4.78, 5) is 11.8. The number of esters is 1. The number of hydrogen-bond acceptors (Lipinski definition) is 4. The van der Waals surface area contributed by atoms with E-state index in [0.717, 1.165) is 19.3 Å². The van der Waals surface area contributed by atoms with Crippen LogP contribution in [-0.2, 0) is 14.3 Å². The summed E-state index contributed by atoms with van der Waals surface area (Å²) in [5, 5.41) is 9.57. The maximum absolute atomic E-state index is 11.8. The molecule has 3 atom stereocenters. The molecule has 0 spiro atoms. The third kappa shape index (κ3) is 2.93. The Labute approximate surface area is 108 Å². The van der Waals surface area contributed by atoms with E-state index in [4.69, 9.17) is 9.47 Å². The highest BCUT2D eigenvalue weighted by molar-refractivity contribution is 5.70. The molecular weight excluding hydrogens is 232 g/mol. The Morgan fingerprint density at radius 1 is 1.56 bits per heavy atom. The standard InChI is InChI=1S/C14H22O4/c1-2-3-4-5-13(16)18-14-7-6-11(15)10-12(14)17-9-8-14/h6-7,11-12,15H,2-5,8-10H2,1H3/t11?,12-,14+/m1/s1. The second kappa shape index (κ2) is 5.85. The fraction of sp³-hybridized carbons (Fsp3) is 0.786. The van der Waals surface area contributed by atoms with E-state index in [0.29, 0.717) is 25.9 Å². The largest absolute Gasteiger partial charge is 0.452 e. The highest BCUT2D eigenvalue weighted by atomic mass is 16.6. The zero-order chi connectivity index (χ0) is 13.0. The van der Waals surface area contributed by atoms with Gasteiger partial charge in [0.25, 0.3) is 0 Å². The van der Waals surface area contributed by atoms with Crippen molar-refractivity contribution in [1.82, 2.24) is 0 Å². The first-order valence-electron chi connectivity index (χ1n) is 6.87. The molecule has 0 aromatic heterocycles. The van der Waals surface area contributed by atoms with Crippen molar-refractivity contribution in [1.29, 1.82) is 0 Å². The first-order chi connectivity index (χ1) is 8.66. The lowest BCUT2D eigenvalue weighted by molar-refractivity contribution is -0.162. The zero-order valence-electron chi connectivity index (χ0n) is 10.9. The van der Waals surface area contributed by atoms with Crippen LogP contribution in [0.25, 0.3) is 0 Å². The molecule has 1 aliphatic heterocycles. The maximum atomic E-state index is 11.8. The van der Waals surface area contributed by atoms with Crippen LogP contribution in [0.2, 0.25) is 0 Å². The topological polar surface area (TPSA) is 55.8 Å². The van der Waals surface area contributed by atoms with E-state index >= 15 is 0 Å². The van der Waals surface area contributed by atoms with Crippen molar-refractivity contribution in [2.45, 2.75) is 63.3 Å². The average molecular weight is 254 g/mol. The SMILES string of the molecule is CCCCCC(=O)O[C@]12C=CC(O)C[C@H]1OCC2. The molecule has 18 heavy (non-hydrogen) atoms. The number of carbonyl (C=O) groups excluding carboxylic acids is 1. The molecule has 0 amide bonds. The van der Waals surface area contributed by atoms with Crippen molar-refractivity contribution in [3.63, 3.8) is 0 Å². The summed E-state index contributed by atoms with van der Waals surface area (Å²) in [6.07, 6.45) is 7.56. The normalized spacial score (nSPS) is 34.3. The predicted molar refractivity (Wildman–Crippen MR) is 67.1 cm³/mol. The van der Waals surface area contributed by atoms with Crippen LogP contribution in [0, 0.1) is 0 Å². The number of aliphatic hydroxyl groups excluding tert-OH is 1. The smallest absolute Gasteiger partial charge is 0.306 e. The van der Waals surface area contributed by atoms with Crippen LogP contribution in [-0.4, -0.2) is 35.5 Å². The summed E-state index contributed by atoms with van der Waals surface area (Å²) in [5.41, 5.74) is -0.622. The molecule has 2 aliphatic rings. The van der Waals surface area contributed by atoms with E-state index in [-0.39, 0.29) is 12.1 Å². The van der Waals surface area contributed by atoms with E-state index < -0.39 is 11.7 Å². The second-order valence-electron chi connectivity index (χ2n) is 5.16. The highest BCUT2D eigenvalue weighted by Gasteiger charge is 2.48. The Kier molecular flexibility index (Phi) is 4.40. The van der Waals surface area contributed by atoms with Crippen LogP contribution in [0.15, 0.2) is 12.2 Å². The molecule has 1 unspecified atom stereocenters. The Hall–Kier alpha value is -0.870. The molecule has 4 heteroatoms. The van der Waals surface area contributed by atoms with E-state index in [1.165, 1.54) is 0 Å². The van der Waals surface area contributed by atoms with Crippen LogP contribution in [0.4, 0.5) is 0 Å². The first-order valence-corrected chi connectivity index (χ1v) is 6.87. The fourth-order valence-corrected chi connectivity index (χ4v) is 2.63. The van der Waals surface area contributed by atoms with Crippen LogP contribution >= 0.6 is 0 Å². The monoisotopic (exact) mass is 254 g/mol. The zero-order valence-corrected chi connectivity index (χ0v) is 10.9. The van der Waals surface area contributed by atoms with Gasteiger partial charge in [0.1, 0.15) is 6.10 Å². The van der Waals surface area contributed by atoms with Crippen molar-refractivity contribution in [3.05, 3.63) is 12.2 Å². The number of carbonyl (C=O) groups is 1. The molecule has 1 fully saturated rings. The van der Waals surface area contributed by atoms with Gasteiger partial charge >= 0.3 is 5.97 Å². The fourth-order valence-electron chi connectivity index (χ4n) is 2.63. The van der Waals surface area contributed by atoms with Gasteiger partial charge in [0.05, 0.1) is 12.7 Å². The molecule has 102 valence electrons. The number of hydrogen-bond donors (Lipinski definition) is 1. The third-order valence-electron chi connectivity index (χ3n) is 3.70. The molecule has 4 nitrogen and oxygen atoms in total. The molecule has 1 saturated heterocycles. The molecule has 1 heterocycles. The van der Waals surface area contributed by atoms with Crippen LogP contribution < -0.4 is 0 Å². The maximum Gasteiger partial charge on any atom is 0.306 e. The number of fused-ring (bicyclic) bond motifs is 1. The van der Waals surface area contributed by atoms with Crippen molar-refractivity contribution < 1.29 is 19.4 Å². The summed E-state index contributed by atoms with van der Waals surface area (Å²) in [5.74, 6) is -0.153. The Bertz CT molecular complexity index is 326. The summed E-state index contributed by atoms with van der Waals surface area (Å²) in [7, 11) is 0. The quantitative estimate of drug-likeness (QED) is 0.463. The van der Waals surface area contributed by atoms with Crippen molar-refractivity contribution in [2.75, 3.05) is 6.61 Å². The Balaban J connectivity index is 1.93. The molecular formula is C14H22O4. The minimum Gasteiger partial charge on any atom is -0.452 e. The summed E-state index contributed by atoms with van der Waals surface area (Å²) >= 11 is 0. The van der Waals surface area contributed by atoms with E-state index in [1.54, 1.807) is 6.08 Å². The van der Waals surface area contributed by atoms with Crippen molar-refractivity contribution in [3.8, 4) is 0 Å². The van der Waals surface area contributed by atoms with Crippen molar-refractivity contribution in [2.24, 2.45) is 0 Å². The van der Waals surface area contributed by atoms with Crippen molar-refractivity contribution >= 4 is 5.97 Å². The minimum atomic E-state index is -0.622. The van der Waals surface area contributed by atoms with Crippen LogP contribution in [0.5, 0.6) is 0 Å². The number of ether oxygens (including phenoxy) is 2. The summed E-state index contributed by atoms with van der Waals surface area (Å²) < 4.78 is 11.2. The third-order valence-corrected chi connectivity index (χ3v) is 3.70. The van der Waals surface area contributed by atoms with Gasteiger partial charge in [-0.1, -0.05) is 25.8 Å². The van der Waals surface area contributed by atoms with E-state index in [1.807, 2.05) is 6.08 Å². The van der Waals surface area contributed by atoms with Gasteiger partial charge in [0.15, 0.2) is 5.60 Å². The van der Waals surface area contributed by atoms with Gasteiger partial charge in [-0.25, -0.2) is 0 Å². The molecule has 0 aromatic carbocycles. The molecule has 0 radical (unpaired) electrons. The van der Waals surface area contributed by atoms with E-state index in [2.05, 4.69) is 6.92 Å². The number of aliphatic hydroxyl groups is 1. The van der Waals surface area contributed by atoms with Gasteiger partial charge in [-0.05, 0) is 12.5 Å². The van der Waals surface area contributed by atoms with Gasteiger partial charge in [0.2, 0.25) is 0 Å². The Morgan fingerprint density at radius 3 is 3.17 bits per heavy atom. The van der Waals surface area contributed by atoms with E-state index in [9.17, 15) is 9.90 Å². The summed E-state index contributed by atoms with van der Waals surface area (Å²) in [6, 6.07) is 0. The molecule has 1 aliphatic carbocycles. The molecule has 1 N–H and O–H groups in total. The predicted octanol–water partition coefficient (Wildman–Crippen LogP) is 1.96. The lowest BCUT2D eigenvalue weighted by Gasteiger charge is -2.34. The van der Waals surface area contributed by atoms with Gasteiger partial charge < -0.3 is 14.6 Å². The van der Waals surface area contributed by atoms with Gasteiger partial charge in [-0.3, -0.25) is 4.79 Å². The highest BCUT2D eigenvalue weighted by Crippen LogP contribution is 2.37. The summed E-state index contributed by atoms with van der Waals surface area (Å²) in [6.45, 7) is 2.69. The average Bonchev–Trinajstić information content (AvgIpc) is 2.72. The first kappa shape index (κ1) is 13.6. The molecule has 0 saturated carbocycles. The lowest BCUT2D eigenvalue weighted by Crippen LogP contribution is -2.45. The van der Waals surface area contributed by atoms with Gasteiger partial charge in [-0.15, -0.1) is 0 Å². The molecule has 0 bridgehead atoms. The van der Waals surface area contributed by atoms with Crippen LogP contribution in [0.3, 0.4) is 0 Å².